The number of aliphatic hydroxyl groups is 1. The number of benzene rings is 3. The number of sulfonamides is 1. The van der Waals surface area contributed by atoms with Gasteiger partial charge in [-0.25, -0.2) is 13.1 Å². The average molecular weight is 627 g/mol. The van der Waals surface area contributed by atoms with Gasteiger partial charge in [-0.1, -0.05) is 39.3 Å². The van der Waals surface area contributed by atoms with Crippen molar-refractivity contribution in [3.8, 4) is 23.0 Å². The largest absolute Gasteiger partial charge is 0.493 e. The SMILES string of the molecule is CCCc1cc(N(C=O)CCCO)ccc1OC(C(=O)NS(=O)(=O)c1ccc(C(C)C)cc1)c1cc(OC)c2c(c1)OCO2. The molecule has 0 fully saturated rings. The lowest BCUT2D eigenvalue weighted by molar-refractivity contribution is -0.126. The molecular formula is C32H38N2O9S. The number of fused-ring (bicyclic) bond motifs is 1. The number of nitrogens with one attached hydrogen (secondary N) is 1. The highest BCUT2D eigenvalue weighted by Gasteiger charge is 2.32. The minimum absolute atomic E-state index is 0.0424. The molecule has 0 bridgehead atoms. The third-order valence-corrected chi connectivity index (χ3v) is 8.50. The molecule has 0 aromatic heterocycles. The van der Waals surface area contributed by atoms with Gasteiger partial charge in [0.1, 0.15) is 5.75 Å². The van der Waals surface area contributed by atoms with E-state index in [2.05, 4.69) is 4.72 Å². The summed E-state index contributed by atoms with van der Waals surface area (Å²) in [5.41, 5.74) is 2.54. The molecule has 12 heteroatoms. The lowest BCUT2D eigenvalue weighted by Gasteiger charge is -2.23. The fraction of sp³-hybridized carbons (Fsp3) is 0.375. The van der Waals surface area contributed by atoms with Crippen molar-refractivity contribution in [2.24, 2.45) is 0 Å². The monoisotopic (exact) mass is 626 g/mol. The third kappa shape index (κ3) is 7.43. The highest BCUT2D eigenvalue weighted by Crippen LogP contribution is 2.44. The van der Waals surface area contributed by atoms with Gasteiger partial charge in [0.25, 0.3) is 15.9 Å². The van der Waals surface area contributed by atoms with E-state index in [1.54, 1.807) is 42.5 Å². The normalized spacial score (nSPS) is 13.0. The van der Waals surface area contributed by atoms with Crippen LogP contribution in [0.3, 0.4) is 0 Å². The molecule has 3 aromatic rings. The number of carbonyl (C=O) groups is 2. The molecule has 0 aliphatic carbocycles. The number of nitrogens with zero attached hydrogens (tertiary/aromatic N) is 1. The molecule has 44 heavy (non-hydrogen) atoms. The molecule has 0 saturated carbocycles. The second kappa shape index (κ2) is 14.5. The van der Waals surface area contributed by atoms with Gasteiger partial charge in [-0.05, 0) is 72.4 Å². The Bertz CT molecular complexity index is 1570. The number of ether oxygens (including phenoxy) is 4. The summed E-state index contributed by atoms with van der Waals surface area (Å²) in [5, 5.41) is 9.21. The maximum absolute atomic E-state index is 13.8. The highest BCUT2D eigenvalue weighted by molar-refractivity contribution is 7.90. The molecule has 1 aliphatic heterocycles. The Hall–Kier alpha value is -4.29. The van der Waals surface area contributed by atoms with Crippen molar-refractivity contribution in [3.63, 3.8) is 0 Å². The lowest BCUT2D eigenvalue weighted by Crippen LogP contribution is -2.37. The van der Waals surface area contributed by atoms with Crippen LogP contribution in [0.4, 0.5) is 5.69 Å². The summed E-state index contributed by atoms with van der Waals surface area (Å²) in [6.45, 7) is 6.19. The van der Waals surface area contributed by atoms with E-state index in [9.17, 15) is 23.1 Å². The van der Waals surface area contributed by atoms with Crippen LogP contribution in [0, 0.1) is 0 Å². The number of anilines is 1. The van der Waals surface area contributed by atoms with E-state index < -0.39 is 22.0 Å². The van der Waals surface area contributed by atoms with E-state index in [4.69, 9.17) is 18.9 Å². The zero-order valence-electron chi connectivity index (χ0n) is 25.2. The molecule has 4 rings (SSSR count). The number of amides is 2. The topological polar surface area (TPSA) is 141 Å². The molecule has 0 spiro atoms. The van der Waals surface area contributed by atoms with Gasteiger partial charge in [-0.3, -0.25) is 9.59 Å². The summed E-state index contributed by atoms with van der Waals surface area (Å²) in [6.07, 6.45) is 0.932. The first-order valence-electron chi connectivity index (χ1n) is 14.4. The molecule has 0 radical (unpaired) electrons. The van der Waals surface area contributed by atoms with Gasteiger partial charge < -0.3 is 29.0 Å². The minimum Gasteiger partial charge on any atom is -0.493 e. The highest BCUT2D eigenvalue weighted by atomic mass is 32.2. The van der Waals surface area contributed by atoms with Gasteiger partial charge in [-0.15, -0.1) is 0 Å². The van der Waals surface area contributed by atoms with Gasteiger partial charge in [0.2, 0.25) is 25.1 Å². The summed E-state index contributed by atoms with van der Waals surface area (Å²) in [6, 6.07) is 14.5. The van der Waals surface area contributed by atoms with Crippen LogP contribution in [0.15, 0.2) is 59.5 Å². The Morgan fingerprint density at radius 2 is 1.82 bits per heavy atom. The maximum Gasteiger partial charge on any atom is 0.279 e. The number of rotatable bonds is 15. The van der Waals surface area contributed by atoms with E-state index in [1.165, 1.54) is 24.1 Å². The van der Waals surface area contributed by atoms with Crippen LogP contribution in [0.25, 0.3) is 0 Å². The molecule has 2 amide bonds. The molecule has 1 unspecified atom stereocenters. The fourth-order valence-corrected chi connectivity index (χ4v) is 5.77. The van der Waals surface area contributed by atoms with E-state index in [0.717, 1.165) is 12.0 Å². The summed E-state index contributed by atoms with van der Waals surface area (Å²) >= 11 is 0. The Morgan fingerprint density at radius 3 is 2.45 bits per heavy atom. The maximum atomic E-state index is 13.8. The van der Waals surface area contributed by atoms with Crippen LogP contribution in [0.2, 0.25) is 0 Å². The Kier molecular flexibility index (Phi) is 10.7. The van der Waals surface area contributed by atoms with Gasteiger partial charge >= 0.3 is 0 Å². The van der Waals surface area contributed by atoms with E-state index in [0.29, 0.717) is 54.3 Å². The third-order valence-electron chi connectivity index (χ3n) is 7.14. The standard InChI is InChI=1S/C32H38N2O9S/c1-5-7-23-16-25(34(19-36)14-6-15-35)10-13-27(23)43-30(24-17-28(40-4)31-29(18-24)41-20-42-31)32(37)33-44(38,39)26-11-8-22(9-12-26)21(2)3/h8-13,16-19,21,30,35H,5-7,14-15,20H2,1-4H3,(H,33,37). The summed E-state index contributed by atoms with van der Waals surface area (Å²) in [5.74, 6) is 0.584. The molecule has 2 N–H and O–H groups in total. The molecular weight excluding hydrogens is 588 g/mol. The lowest BCUT2D eigenvalue weighted by atomic mass is 10.0. The first-order valence-corrected chi connectivity index (χ1v) is 15.9. The van der Waals surface area contributed by atoms with E-state index >= 15 is 0 Å². The van der Waals surface area contributed by atoms with Crippen molar-refractivity contribution >= 4 is 28.0 Å². The number of hydrogen-bond acceptors (Lipinski definition) is 9. The van der Waals surface area contributed by atoms with Crippen LogP contribution in [-0.4, -0.2) is 52.9 Å². The first kappa shape index (κ1) is 32.6. The predicted octanol–water partition coefficient (Wildman–Crippen LogP) is 4.47. The van der Waals surface area contributed by atoms with E-state index in [-0.39, 0.29) is 35.5 Å². The summed E-state index contributed by atoms with van der Waals surface area (Å²) in [7, 11) is -2.82. The number of hydrogen-bond donors (Lipinski definition) is 2. The van der Waals surface area contributed by atoms with Crippen LogP contribution < -0.4 is 28.6 Å². The van der Waals surface area contributed by atoms with Crippen LogP contribution in [0.1, 0.15) is 62.3 Å². The second-order valence-corrected chi connectivity index (χ2v) is 12.2. The molecule has 1 atom stereocenters. The zero-order chi connectivity index (χ0) is 31.9. The van der Waals surface area contributed by atoms with Crippen molar-refractivity contribution in [2.45, 2.75) is 57.0 Å². The zero-order valence-corrected chi connectivity index (χ0v) is 26.1. The first-order chi connectivity index (χ1) is 21.1. The molecule has 1 heterocycles. The van der Waals surface area contributed by atoms with Crippen LogP contribution in [-0.2, 0) is 26.0 Å². The average Bonchev–Trinajstić information content (AvgIpc) is 3.49. The summed E-state index contributed by atoms with van der Waals surface area (Å²) < 4.78 is 51.6. The van der Waals surface area contributed by atoms with Gasteiger partial charge in [0.05, 0.1) is 12.0 Å². The Labute approximate surface area is 257 Å². The molecule has 1 aliphatic rings. The fourth-order valence-electron chi connectivity index (χ4n) is 4.79. The smallest absolute Gasteiger partial charge is 0.279 e. The minimum atomic E-state index is -4.26. The number of carbonyl (C=O) groups excluding carboxylic acids is 2. The molecule has 3 aromatic carbocycles. The van der Waals surface area contributed by atoms with Crippen molar-refractivity contribution in [2.75, 3.05) is 32.0 Å². The molecule has 0 saturated heterocycles. The van der Waals surface area contributed by atoms with Crippen molar-refractivity contribution in [1.29, 1.82) is 0 Å². The Morgan fingerprint density at radius 1 is 1.07 bits per heavy atom. The van der Waals surface area contributed by atoms with E-state index in [1.807, 2.05) is 20.8 Å². The number of aliphatic hydroxyl groups excluding tert-OH is 1. The van der Waals surface area contributed by atoms with Crippen molar-refractivity contribution in [3.05, 3.63) is 71.3 Å². The molecule has 11 nitrogen and oxygen atoms in total. The number of methoxy groups -OCH3 is 1. The molecule has 236 valence electrons. The number of aryl methyl sites for hydroxylation is 1. The van der Waals surface area contributed by atoms with Gasteiger partial charge in [0.15, 0.2) is 11.5 Å². The second-order valence-electron chi connectivity index (χ2n) is 10.6. The van der Waals surface area contributed by atoms with Crippen LogP contribution >= 0.6 is 0 Å². The summed E-state index contributed by atoms with van der Waals surface area (Å²) in [4.78, 5) is 27.0. The van der Waals surface area contributed by atoms with Crippen LogP contribution in [0.5, 0.6) is 23.0 Å². The Balaban J connectivity index is 1.73. The van der Waals surface area contributed by atoms with Crippen molar-refractivity contribution < 1.29 is 42.1 Å². The van der Waals surface area contributed by atoms with Gasteiger partial charge in [0, 0.05) is 24.4 Å². The quantitative estimate of drug-likeness (QED) is 0.234. The predicted molar refractivity (Wildman–Crippen MR) is 164 cm³/mol. The van der Waals surface area contributed by atoms with Crippen molar-refractivity contribution in [1.82, 2.24) is 4.72 Å². The van der Waals surface area contributed by atoms with Gasteiger partial charge in [-0.2, -0.15) is 0 Å².